The summed E-state index contributed by atoms with van der Waals surface area (Å²) in [5.41, 5.74) is 3.14. The Hall–Kier alpha value is -2.85. The number of aryl methyl sites for hydroxylation is 1. The molecule has 1 atom stereocenters. The number of hydrogen-bond donors (Lipinski definition) is 2. The van der Waals surface area contributed by atoms with Gasteiger partial charge in [0.1, 0.15) is 5.75 Å². The average Bonchev–Trinajstić information content (AvgIpc) is 3.15. The molecule has 0 saturated carbocycles. The minimum absolute atomic E-state index is 0.170. The van der Waals surface area contributed by atoms with Gasteiger partial charge in [-0.2, -0.15) is 0 Å². The number of thiazole rings is 1. The smallest absolute Gasteiger partial charge is 0.183 e. The topological polar surface area (TPSA) is 45.2 Å². The summed E-state index contributed by atoms with van der Waals surface area (Å²) in [6.07, 6.45) is 1.78. The van der Waals surface area contributed by atoms with Crippen molar-refractivity contribution in [2.45, 2.75) is 13.0 Å². The van der Waals surface area contributed by atoms with Crippen molar-refractivity contribution in [3.8, 4) is 5.75 Å². The van der Waals surface area contributed by atoms with E-state index in [9.17, 15) is 5.11 Å². The molecule has 0 bridgehead atoms. The van der Waals surface area contributed by atoms with E-state index in [1.165, 1.54) is 5.56 Å². The van der Waals surface area contributed by atoms with Crippen LogP contribution in [0.3, 0.4) is 0 Å². The van der Waals surface area contributed by atoms with Crippen molar-refractivity contribution in [3.05, 3.63) is 88.9 Å². The lowest BCUT2D eigenvalue weighted by atomic mass is 9.94. The van der Waals surface area contributed by atoms with Crippen LogP contribution in [0.25, 0.3) is 10.8 Å². The number of fused-ring (bicyclic) bond motifs is 1. The summed E-state index contributed by atoms with van der Waals surface area (Å²) in [4.78, 5) is 4.34. The number of phenols is 1. The van der Waals surface area contributed by atoms with Gasteiger partial charge in [-0.1, -0.05) is 66.2 Å². The van der Waals surface area contributed by atoms with Gasteiger partial charge in [-0.05, 0) is 17.9 Å². The highest BCUT2D eigenvalue weighted by atomic mass is 32.1. The van der Waals surface area contributed by atoms with Gasteiger partial charge < -0.3 is 10.4 Å². The highest BCUT2D eigenvalue weighted by Gasteiger charge is 2.20. The third-order valence-electron chi connectivity index (χ3n) is 4.35. The normalized spacial score (nSPS) is 12.2. The number of aromatic hydroxyl groups is 1. The van der Waals surface area contributed by atoms with Crippen LogP contribution in [0.5, 0.6) is 5.75 Å². The zero-order valence-electron chi connectivity index (χ0n) is 13.8. The van der Waals surface area contributed by atoms with Crippen molar-refractivity contribution in [1.29, 1.82) is 0 Å². The number of aromatic nitrogens is 1. The van der Waals surface area contributed by atoms with Gasteiger partial charge in [-0.3, -0.25) is 0 Å². The second-order valence-electron chi connectivity index (χ2n) is 6.05. The molecule has 124 valence electrons. The van der Waals surface area contributed by atoms with Crippen molar-refractivity contribution in [1.82, 2.24) is 4.98 Å². The number of anilines is 1. The average molecular weight is 346 g/mol. The largest absolute Gasteiger partial charge is 0.507 e. The van der Waals surface area contributed by atoms with Crippen molar-refractivity contribution in [2.24, 2.45) is 0 Å². The molecular formula is C21H18N2OS. The van der Waals surface area contributed by atoms with Gasteiger partial charge in [0.15, 0.2) is 5.13 Å². The van der Waals surface area contributed by atoms with Crippen LogP contribution >= 0.6 is 11.3 Å². The summed E-state index contributed by atoms with van der Waals surface area (Å²) in [7, 11) is 0. The number of nitrogens with zero attached hydrogens (tertiary/aromatic N) is 1. The number of phenolic OH excluding ortho intramolecular Hbond substituents is 1. The maximum Gasteiger partial charge on any atom is 0.183 e. The first kappa shape index (κ1) is 15.7. The Morgan fingerprint density at radius 1 is 1.00 bits per heavy atom. The third kappa shape index (κ3) is 3.08. The fourth-order valence-corrected chi connectivity index (χ4v) is 3.58. The molecule has 0 spiro atoms. The number of benzene rings is 3. The Labute approximate surface area is 150 Å². The summed E-state index contributed by atoms with van der Waals surface area (Å²) >= 11 is 1.55. The monoisotopic (exact) mass is 346 g/mol. The first-order chi connectivity index (χ1) is 12.2. The van der Waals surface area contributed by atoms with Crippen LogP contribution < -0.4 is 5.32 Å². The minimum Gasteiger partial charge on any atom is -0.507 e. The lowest BCUT2D eigenvalue weighted by Gasteiger charge is -2.21. The van der Waals surface area contributed by atoms with Crippen molar-refractivity contribution in [3.63, 3.8) is 0 Å². The van der Waals surface area contributed by atoms with Gasteiger partial charge >= 0.3 is 0 Å². The number of nitrogens with one attached hydrogen (secondary N) is 1. The zero-order valence-corrected chi connectivity index (χ0v) is 14.6. The van der Waals surface area contributed by atoms with E-state index in [4.69, 9.17) is 0 Å². The molecule has 2 N–H and O–H groups in total. The second-order valence-corrected chi connectivity index (χ2v) is 6.94. The molecule has 3 nitrogen and oxygen atoms in total. The Bertz CT molecular complexity index is 994. The van der Waals surface area contributed by atoms with Crippen molar-refractivity contribution in [2.75, 3.05) is 5.32 Å². The van der Waals surface area contributed by atoms with Gasteiger partial charge in [-0.15, -0.1) is 11.3 Å². The first-order valence-electron chi connectivity index (χ1n) is 8.15. The van der Waals surface area contributed by atoms with E-state index >= 15 is 0 Å². The molecule has 1 aromatic heterocycles. The molecule has 0 unspecified atom stereocenters. The highest BCUT2D eigenvalue weighted by Crippen LogP contribution is 2.37. The fourth-order valence-electron chi connectivity index (χ4n) is 3.02. The standard InChI is InChI=1S/C21H18N2OS/c1-14-6-8-16(9-7-14)19(23-21-22-12-13-25-21)18-11-10-15-4-2-3-5-17(15)20(18)24/h2-13,19,24H,1H3,(H,22,23)/t19-/m0/s1. The van der Waals surface area contributed by atoms with Crippen LogP contribution in [-0.2, 0) is 0 Å². The molecule has 4 rings (SSSR count). The predicted molar refractivity (Wildman–Crippen MR) is 104 cm³/mol. The van der Waals surface area contributed by atoms with Crippen LogP contribution in [0, 0.1) is 6.92 Å². The van der Waals surface area contributed by atoms with Gasteiger partial charge in [0.2, 0.25) is 0 Å². The molecule has 3 aromatic carbocycles. The first-order valence-corrected chi connectivity index (χ1v) is 9.03. The maximum absolute atomic E-state index is 10.9. The van der Waals surface area contributed by atoms with Crippen molar-refractivity contribution >= 4 is 27.2 Å². The molecule has 0 aliphatic heterocycles. The Morgan fingerprint density at radius 3 is 2.56 bits per heavy atom. The quantitative estimate of drug-likeness (QED) is 0.512. The number of rotatable bonds is 4. The minimum atomic E-state index is -0.170. The molecule has 0 aliphatic rings. The molecule has 0 aliphatic carbocycles. The van der Waals surface area contributed by atoms with E-state index in [-0.39, 0.29) is 6.04 Å². The van der Waals surface area contributed by atoms with Gasteiger partial charge in [-0.25, -0.2) is 4.98 Å². The van der Waals surface area contributed by atoms with E-state index < -0.39 is 0 Å². The lowest BCUT2D eigenvalue weighted by Crippen LogP contribution is -2.12. The summed E-state index contributed by atoms with van der Waals surface area (Å²) in [6, 6.07) is 20.1. The fraction of sp³-hybridized carbons (Fsp3) is 0.0952. The zero-order chi connectivity index (χ0) is 17.2. The van der Waals surface area contributed by atoms with Crippen LogP contribution in [0.2, 0.25) is 0 Å². The predicted octanol–water partition coefficient (Wildman–Crippen LogP) is 5.51. The summed E-state index contributed by atoms with van der Waals surface area (Å²) in [5, 5.41) is 19.0. The third-order valence-corrected chi connectivity index (χ3v) is 5.06. The molecule has 0 saturated heterocycles. The van der Waals surface area contributed by atoms with Crippen LogP contribution in [0.1, 0.15) is 22.7 Å². The van der Waals surface area contributed by atoms with Crippen molar-refractivity contribution < 1.29 is 5.11 Å². The molecule has 0 amide bonds. The van der Waals surface area contributed by atoms with E-state index in [2.05, 4.69) is 47.6 Å². The summed E-state index contributed by atoms with van der Waals surface area (Å²) < 4.78 is 0. The van der Waals surface area contributed by atoms with Crippen LogP contribution in [-0.4, -0.2) is 10.1 Å². The maximum atomic E-state index is 10.9. The summed E-state index contributed by atoms with van der Waals surface area (Å²) in [6.45, 7) is 2.07. The Balaban J connectivity index is 1.85. The SMILES string of the molecule is Cc1ccc([C@H](Nc2nccs2)c2ccc3ccccc3c2O)cc1. The van der Waals surface area contributed by atoms with E-state index in [0.717, 1.165) is 27.0 Å². The molecule has 0 radical (unpaired) electrons. The van der Waals surface area contributed by atoms with Crippen LogP contribution in [0.4, 0.5) is 5.13 Å². The lowest BCUT2D eigenvalue weighted by molar-refractivity contribution is 0.473. The van der Waals surface area contributed by atoms with Gasteiger partial charge in [0.25, 0.3) is 0 Å². The van der Waals surface area contributed by atoms with Gasteiger partial charge in [0, 0.05) is 22.5 Å². The molecule has 4 aromatic rings. The highest BCUT2D eigenvalue weighted by molar-refractivity contribution is 7.13. The molecule has 4 heteroatoms. The van der Waals surface area contributed by atoms with Gasteiger partial charge in [0.05, 0.1) is 6.04 Å². The molecule has 0 fully saturated rings. The Kier molecular flexibility index (Phi) is 4.12. The number of hydrogen-bond acceptors (Lipinski definition) is 4. The molecular weight excluding hydrogens is 328 g/mol. The van der Waals surface area contributed by atoms with Crippen LogP contribution in [0.15, 0.2) is 72.2 Å². The second kappa shape index (κ2) is 6.57. The summed E-state index contributed by atoms with van der Waals surface area (Å²) in [5.74, 6) is 0.313. The molecule has 1 heterocycles. The van der Waals surface area contributed by atoms with E-state index in [1.807, 2.05) is 35.7 Å². The Morgan fingerprint density at radius 2 is 1.80 bits per heavy atom. The van der Waals surface area contributed by atoms with E-state index in [1.54, 1.807) is 17.5 Å². The van der Waals surface area contributed by atoms with E-state index in [0.29, 0.717) is 5.75 Å². The molecule has 25 heavy (non-hydrogen) atoms.